The lowest BCUT2D eigenvalue weighted by atomic mass is 10.1. The number of aryl methyl sites for hydroxylation is 1. The van der Waals surface area contributed by atoms with Crippen molar-refractivity contribution in [2.75, 3.05) is 11.9 Å². The monoisotopic (exact) mass is 283 g/mol. The molecule has 0 aliphatic heterocycles. The zero-order valence-electron chi connectivity index (χ0n) is 11.6. The first-order chi connectivity index (χ1) is 9.74. The maximum absolute atomic E-state index is 4.56. The van der Waals surface area contributed by atoms with E-state index >= 15 is 0 Å². The van der Waals surface area contributed by atoms with Gasteiger partial charge in [0, 0.05) is 40.8 Å². The van der Waals surface area contributed by atoms with Crippen LogP contribution in [0.25, 0.3) is 10.9 Å². The molecule has 1 unspecified atom stereocenters. The number of aromatic nitrogens is 2. The number of anilines is 1. The molecule has 2 aromatic heterocycles. The van der Waals surface area contributed by atoms with E-state index in [4.69, 9.17) is 0 Å². The van der Waals surface area contributed by atoms with Crippen LogP contribution in [0.3, 0.4) is 0 Å². The maximum atomic E-state index is 4.56. The average molecular weight is 283 g/mol. The van der Waals surface area contributed by atoms with Gasteiger partial charge < -0.3 is 5.32 Å². The van der Waals surface area contributed by atoms with Crippen molar-refractivity contribution >= 4 is 27.9 Å². The van der Waals surface area contributed by atoms with Crippen molar-refractivity contribution in [3.63, 3.8) is 0 Å². The minimum Gasteiger partial charge on any atom is -0.384 e. The van der Waals surface area contributed by atoms with E-state index < -0.39 is 0 Å². The van der Waals surface area contributed by atoms with E-state index in [0.29, 0.717) is 5.92 Å². The second kappa shape index (κ2) is 5.59. The van der Waals surface area contributed by atoms with E-state index in [2.05, 4.69) is 46.5 Å². The van der Waals surface area contributed by atoms with Gasteiger partial charge >= 0.3 is 0 Å². The highest BCUT2D eigenvalue weighted by Crippen LogP contribution is 2.24. The first-order valence-corrected chi connectivity index (χ1v) is 7.61. The number of fused-ring (bicyclic) bond motifs is 1. The summed E-state index contributed by atoms with van der Waals surface area (Å²) in [5.74, 6) is 0.405. The van der Waals surface area contributed by atoms with E-state index in [9.17, 15) is 0 Å². The van der Waals surface area contributed by atoms with E-state index in [1.807, 2.05) is 24.6 Å². The summed E-state index contributed by atoms with van der Waals surface area (Å²) in [6.45, 7) is 5.10. The van der Waals surface area contributed by atoms with Gasteiger partial charge in [-0.25, -0.2) is 4.98 Å². The first kappa shape index (κ1) is 13.1. The third-order valence-electron chi connectivity index (χ3n) is 3.32. The molecule has 0 saturated carbocycles. The number of hydrogen-bond donors (Lipinski definition) is 1. The molecule has 3 rings (SSSR count). The zero-order valence-corrected chi connectivity index (χ0v) is 12.4. The molecule has 0 aliphatic rings. The van der Waals surface area contributed by atoms with Crippen LogP contribution in [-0.4, -0.2) is 16.5 Å². The molecule has 2 heterocycles. The van der Waals surface area contributed by atoms with Crippen molar-refractivity contribution in [1.29, 1.82) is 0 Å². The number of rotatable bonds is 4. The van der Waals surface area contributed by atoms with Crippen molar-refractivity contribution in [1.82, 2.24) is 9.97 Å². The molecule has 0 radical (unpaired) electrons. The van der Waals surface area contributed by atoms with Crippen LogP contribution in [0.4, 0.5) is 5.69 Å². The molecule has 1 aromatic carbocycles. The lowest BCUT2D eigenvalue weighted by Crippen LogP contribution is -2.10. The van der Waals surface area contributed by atoms with Gasteiger partial charge in [-0.1, -0.05) is 25.1 Å². The normalized spacial score (nSPS) is 12.5. The predicted octanol–water partition coefficient (Wildman–Crippen LogP) is 4.22. The number of pyridine rings is 1. The molecular formula is C16H17N3S. The molecule has 0 bridgehead atoms. The predicted molar refractivity (Wildman–Crippen MR) is 85.5 cm³/mol. The van der Waals surface area contributed by atoms with Crippen LogP contribution in [0, 0.1) is 6.92 Å². The molecule has 0 aliphatic carbocycles. The van der Waals surface area contributed by atoms with E-state index in [0.717, 1.165) is 23.4 Å². The third kappa shape index (κ3) is 2.65. The first-order valence-electron chi connectivity index (χ1n) is 6.73. The minimum atomic E-state index is 0.405. The van der Waals surface area contributed by atoms with Gasteiger partial charge in [0.15, 0.2) is 0 Å². The summed E-state index contributed by atoms with van der Waals surface area (Å²) < 4.78 is 0. The molecule has 1 N–H and O–H groups in total. The van der Waals surface area contributed by atoms with Gasteiger partial charge in [-0.3, -0.25) is 4.98 Å². The zero-order chi connectivity index (χ0) is 13.9. The number of para-hydroxylation sites is 1. The van der Waals surface area contributed by atoms with Crippen molar-refractivity contribution < 1.29 is 0 Å². The number of thiazole rings is 1. The highest BCUT2D eigenvalue weighted by atomic mass is 32.1. The molecule has 4 heteroatoms. The second-order valence-corrected chi connectivity index (χ2v) is 5.91. The minimum absolute atomic E-state index is 0.405. The van der Waals surface area contributed by atoms with Crippen molar-refractivity contribution in [2.45, 2.75) is 19.8 Å². The van der Waals surface area contributed by atoms with Crippen molar-refractivity contribution in [3.05, 3.63) is 52.6 Å². The lowest BCUT2D eigenvalue weighted by molar-refractivity contribution is 0.795. The van der Waals surface area contributed by atoms with Gasteiger partial charge in [0.25, 0.3) is 0 Å². The number of hydrogen-bond acceptors (Lipinski definition) is 4. The van der Waals surface area contributed by atoms with E-state index in [-0.39, 0.29) is 0 Å². The Labute approximate surface area is 122 Å². The average Bonchev–Trinajstić information content (AvgIpc) is 2.98. The van der Waals surface area contributed by atoms with Crippen LogP contribution in [0.5, 0.6) is 0 Å². The van der Waals surface area contributed by atoms with Crippen molar-refractivity contribution in [2.24, 2.45) is 0 Å². The van der Waals surface area contributed by atoms with Crippen LogP contribution in [0.15, 0.2) is 41.9 Å². The Balaban J connectivity index is 1.84. The number of nitrogens with one attached hydrogen (secondary N) is 1. The lowest BCUT2D eigenvalue weighted by Gasteiger charge is -2.14. The molecule has 102 valence electrons. The van der Waals surface area contributed by atoms with Crippen LogP contribution in [0.1, 0.15) is 23.5 Å². The molecule has 0 amide bonds. The van der Waals surface area contributed by atoms with Gasteiger partial charge in [-0.05, 0) is 19.1 Å². The van der Waals surface area contributed by atoms with Gasteiger partial charge in [-0.15, -0.1) is 11.3 Å². The number of nitrogens with zero attached hydrogens (tertiary/aromatic N) is 2. The smallest absolute Gasteiger partial charge is 0.0970 e. The summed E-state index contributed by atoms with van der Waals surface area (Å²) in [5, 5.41) is 7.91. The maximum Gasteiger partial charge on any atom is 0.0970 e. The standard InChI is InChI=1S/C16H17N3S/c1-11(16-17-7-8-20-16)10-18-15-9-12(2)19-14-6-4-3-5-13(14)15/h3-9,11H,10H2,1-2H3,(H,18,19). The Bertz CT molecular complexity index is 707. The fraction of sp³-hybridized carbons (Fsp3) is 0.250. The topological polar surface area (TPSA) is 37.8 Å². The quantitative estimate of drug-likeness (QED) is 0.779. The fourth-order valence-electron chi connectivity index (χ4n) is 2.28. The van der Waals surface area contributed by atoms with E-state index in [1.165, 1.54) is 10.4 Å². The molecule has 3 aromatic rings. The van der Waals surface area contributed by atoms with Gasteiger partial charge in [-0.2, -0.15) is 0 Å². The van der Waals surface area contributed by atoms with Gasteiger partial charge in [0.2, 0.25) is 0 Å². The molecule has 0 saturated heterocycles. The Kier molecular flexibility index (Phi) is 3.65. The molecule has 0 spiro atoms. The van der Waals surface area contributed by atoms with Crippen LogP contribution < -0.4 is 5.32 Å². The Morgan fingerprint density at radius 2 is 2.15 bits per heavy atom. The van der Waals surface area contributed by atoms with Crippen LogP contribution in [0.2, 0.25) is 0 Å². The number of benzene rings is 1. The molecule has 1 atom stereocenters. The van der Waals surface area contributed by atoms with E-state index in [1.54, 1.807) is 11.3 Å². The molecule has 3 nitrogen and oxygen atoms in total. The summed E-state index contributed by atoms with van der Waals surface area (Å²) >= 11 is 1.71. The Hall–Kier alpha value is -1.94. The summed E-state index contributed by atoms with van der Waals surface area (Å²) in [6, 6.07) is 10.3. The summed E-state index contributed by atoms with van der Waals surface area (Å²) in [6.07, 6.45) is 1.86. The van der Waals surface area contributed by atoms with Gasteiger partial charge in [0.05, 0.1) is 10.5 Å². The van der Waals surface area contributed by atoms with Gasteiger partial charge in [0.1, 0.15) is 0 Å². The van der Waals surface area contributed by atoms with Crippen molar-refractivity contribution in [3.8, 4) is 0 Å². The SMILES string of the molecule is Cc1cc(NCC(C)c2nccs2)c2ccccc2n1. The largest absolute Gasteiger partial charge is 0.384 e. The summed E-state index contributed by atoms with van der Waals surface area (Å²) in [4.78, 5) is 8.94. The molecule has 20 heavy (non-hydrogen) atoms. The fourth-order valence-corrected chi connectivity index (χ4v) is 2.98. The molecule has 0 fully saturated rings. The highest BCUT2D eigenvalue weighted by Gasteiger charge is 2.09. The Morgan fingerprint density at radius 1 is 1.30 bits per heavy atom. The highest BCUT2D eigenvalue weighted by molar-refractivity contribution is 7.09. The second-order valence-electron chi connectivity index (χ2n) is 4.98. The Morgan fingerprint density at radius 3 is 2.95 bits per heavy atom. The summed E-state index contributed by atoms with van der Waals surface area (Å²) in [7, 11) is 0. The third-order valence-corrected chi connectivity index (χ3v) is 4.32. The van der Waals surface area contributed by atoms with Crippen LogP contribution in [-0.2, 0) is 0 Å². The van der Waals surface area contributed by atoms with Crippen LogP contribution >= 0.6 is 11.3 Å². The molecular weight excluding hydrogens is 266 g/mol. The summed E-state index contributed by atoms with van der Waals surface area (Å²) in [5.41, 5.74) is 3.22.